The second kappa shape index (κ2) is 5.47. The molecule has 0 aliphatic carbocycles. The topological polar surface area (TPSA) is 41.1 Å². The number of nitrogens with one attached hydrogen (secondary N) is 2. The fourth-order valence-corrected chi connectivity index (χ4v) is 1.50. The lowest BCUT2D eigenvalue weighted by molar-refractivity contribution is -0.139. The molecule has 1 heterocycles. The number of rotatable bonds is 4. The zero-order chi connectivity index (χ0) is 12.2. The maximum atomic E-state index is 12.5. The Labute approximate surface area is 90.6 Å². The molecule has 1 fully saturated rings. The van der Waals surface area contributed by atoms with Crippen molar-refractivity contribution in [1.82, 2.24) is 10.6 Å². The second-order valence-corrected chi connectivity index (χ2v) is 3.82. The van der Waals surface area contributed by atoms with Gasteiger partial charge in [0.05, 0.1) is 12.5 Å². The SMILES string of the molecule is O=C(NCC(F)(F)C(F)F)[C@@H]1CCCNC1. The number of hydrogen-bond acceptors (Lipinski definition) is 2. The minimum atomic E-state index is -4.16. The van der Waals surface area contributed by atoms with E-state index in [2.05, 4.69) is 5.32 Å². The van der Waals surface area contributed by atoms with Crippen LogP contribution in [0.25, 0.3) is 0 Å². The maximum Gasteiger partial charge on any atom is 0.324 e. The first kappa shape index (κ1) is 13.2. The van der Waals surface area contributed by atoms with Crippen LogP contribution in [0.5, 0.6) is 0 Å². The predicted molar refractivity (Wildman–Crippen MR) is 49.6 cm³/mol. The molecule has 0 unspecified atom stereocenters. The molecule has 0 aromatic heterocycles. The first-order valence-electron chi connectivity index (χ1n) is 5.08. The molecular formula is C9H14F4N2O. The van der Waals surface area contributed by atoms with Crippen molar-refractivity contribution >= 4 is 5.91 Å². The molecular weight excluding hydrogens is 228 g/mol. The molecule has 16 heavy (non-hydrogen) atoms. The fraction of sp³-hybridized carbons (Fsp3) is 0.889. The van der Waals surface area contributed by atoms with Gasteiger partial charge < -0.3 is 10.6 Å². The predicted octanol–water partition coefficient (Wildman–Crippen LogP) is 1.00. The number of piperidine rings is 1. The van der Waals surface area contributed by atoms with Gasteiger partial charge in [0.2, 0.25) is 5.91 Å². The monoisotopic (exact) mass is 242 g/mol. The zero-order valence-corrected chi connectivity index (χ0v) is 8.61. The van der Waals surface area contributed by atoms with Gasteiger partial charge in [0.25, 0.3) is 0 Å². The van der Waals surface area contributed by atoms with Crippen LogP contribution in [-0.2, 0) is 4.79 Å². The van der Waals surface area contributed by atoms with Crippen molar-refractivity contribution in [3.05, 3.63) is 0 Å². The van der Waals surface area contributed by atoms with Crippen LogP contribution < -0.4 is 10.6 Å². The normalized spacial score (nSPS) is 22.2. The third kappa shape index (κ3) is 3.62. The molecule has 2 N–H and O–H groups in total. The lowest BCUT2D eigenvalue weighted by Gasteiger charge is -2.23. The number of hydrogen-bond donors (Lipinski definition) is 2. The zero-order valence-electron chi connectivity index (χ0n) is 8.61. The van der Waals surface area contributed by atoms with Crippen LogP contribution in [0.15, 0.2) is 0 Å². The molecule has 7 heteroatoms. The van der Waals surface area contributed by atoms with E-state index >= 15 is 0 Å². The van der Waals surface area contributed by atoms with Gasteiger partial charge in [-0.05, 0) is 19.4 Å². The average Bonchev–Trinajstić information content (AvgIpc) is 2.27. The van der Waals surface area contributed by atoms with Crippen molar-refractivity contribution in [3.8, 4) is 0 Å². The van der Waals surface area contributed by atoms with Gasteiger partial charge in [-0.3, -0.25) is 4.79 Å². The Hall–Kier alpha value is -0.850. The van der Waals surface area contributed by atoms with E-state index < -0.39 is 30.7 Å². The molecule has 94 valence electrons. The van der Waals surface area contributed by atoms with Crippen molar-refractivity contribution in [2.45, 2.75) is 25.2 Å². The molecule has 1 aliphatic heterocycles. The smallest absolute Gasteiger partial charge is 0.324 e. The Bertz CT molecular complexity index is 242. The van der Waals surface area contributed by atoms with E-state index in [0.717, 1.165) is 13.0 Å². The Balaban J connectivity index is 2.34. The molecule has 1 saturated heterocycles. The summed E-state index contributed by atoms with van der Waals surface area (Å²) in [6.07, 6.45) is -2.38. The molecule has 1 aliphatic rings. The van der Waals surface area contributed by atoms with Crippen molar-refractivity contribution in [2.24, 2.45) is 5.92 Å². The van der Waals surface area contributed by atoms with E-state index in [9.17, 15) is 22.4 Å². The summed E-state index contributed by atoms with van der Waals surface area (Å²) in [5, 5.41) is 4.80. The number of amides is 1. The van der Waals surface area contributed by atoms with Crippen LogP contribution in [0.2, 0.25) is 0 Å². The molecule has 3 nitrogen and oxygen atoms in total. The van der Waals surface area contributed by atoms with Crippen LogP contribution >= 0.6 is 0 Å². The summed E-state index contributed by atoms with van der Waals surface area (Å²) in [4.78, 5) is 11.3. The van der Waals surface area contributed by atoms with Gasteiger partial charge in [-0.2, -0.15) is 8.78 Å². The highest BCUT2D eigenvalue weighted by Crippen LogP contribution is 2.21. The third-order valence-corrected chi connectivity index (χ3v) is 2.49. The first-order chi connectivity index (χ1) is 7.43. The Morgan fingerprint density at radius 2 is 2.19 bits per heavy atom. The highest BCUT2D eigenvalue weighted by Gasteiger charge is 2.41. The highest BCUT2D eigenvalue weighted by atomic mass is 19.3. The lowest BCUT2D eigenvalue weighted by Crippen LogP contribution is -2.46. The second-order valence-electron chi connectivity index (χ2n) is 3.82. The summed E-state index contributed by atoms with van der Waals surface area (Å²) in [7, 11) is 0. The molecule has 0 bridgehead atoms. The van der Waals surface area contributed by atoms with Crippen molar-refractivity contribution in [1.29, 1.82) is 0 Å². The Morgan fingerprint density at radius 3 is 2.69 bits per heavy atom. The standard InChI is InChI=1S/C9H14F4N2O/c10-8(11)9(12,13)5-15-7(16)6-2-1-3-14-4-6/h6,8,14H,1-5H2,(H,15,16)/t6-/m1/s1. The van der Waals surface area contributed by atoms with Gasteiger partial charge in [-0.25, -0.2) is 8.78 Å². The maximum absolute atomic E-state index is 12.5. The fourth-order valence-electron chi connectivity index (χ4n) is 1.50. The van der Waals surface area contributed by atoms with Crippen molar-refractivity contribution in [2.75, 3.05) is 19.6 Å². The van der Waals surface area contributed by atoms with Gasteiger partial charge in [0, 0.05) is 6.54 Å². The average molecular weight is 242 g/mol. The van der Waals surface area contributed by atoms with Gasteiger partial charge in [-0.1, -0.05) is 0 Å². The van der Waals surface area contributed by atoms with Gasteiger partial charge >= 0.3 is 12.3 Å². The Kier molecular flexibility index (Phi) is 4.52. The summed E-state index contributed by atoms with van der Waals surface area (Å²) in [6.45, 7) is -0.108. The van der Waals surface area contributed by atoms with E-state index in [1.807, 2.05) is 5.32 Å². The van der Waals surface area contributed by atoms with E-state index in [-0.39, 0.29) is 0 Å². The lowest BCUT2D eigenvalue weighted by atomic mass is 9.99. The Morgan fingerprint density at radius 1 is 1.50 bits per heavy atom. The van der Waals surface area contributed by atoms with E-state index in [4.69, 9.17) is 0 Å². The number of carbonyl (C=O) groups excluding carboxylic acids is 1. The molecule has 0 aromatic carbocycles. The van der Waals surface area contributed by atoms with Crippen molar-refractivity contribution < 1.29 is 22.4 Å². The third-order valence-electron chi connectivity index (χ3n) is 2.49. The summed E-state index contributed by atoms with van der Waals surface area (Å²) in [6, 6.07) is 0. The number of alkyl halides is 4. The first-order valence-corrected chi connectivity index (χ1v) is 5.08. The summed E-state index contributed by atoms with van der Waals surface area (Å²) < 4.78 is 48.6. The molecule has 0 spiro atoms. The van der Waals surface area contributed by atoms with E-state index in [1.54, 1.807) is 0 Å². The van der Waals surface area contributed by atoms with Crippen LogP contribution in [0.3, 0.4) is 0 Å². The molecule has 1 rings (SSSR count). The van der Waals surface area contributed by atoms with Crippen LogP contribution in [-0.4, -0.2) is 37.9 Å². The van der Waals surface area contributed by atoms with Gasteiger partial charge in [-0.15, -0.1) is 0 Å². The minimum Gasteiger partial charge on any atom is -0.350 e. The minimum absolute atomic E-state index is 0.401. The quantitative estimate of drug-likeness (QED) is 0.722. The van der Waals surface area contributed by atoms with Crippen LogP contribution in [0, 0.1) is 5.92 Å². The molecule has 1 amide bonds. The summed E-state index contributed by atoms with van der Waals surface area (Å²) >= 11 is 0. The van der Waals surface area contributed by atoms with E-state index in [1.165, 1.54) is 0 Å². The van der Waals surface area contributed by atoms with E-state index in [0.29, 0.717) is 13.0 Å². The molecule has 0 saturated carbocycles. The summed E-state index contributed by atoms with van der Waals surface area (Å²) in [5.41, 5.74) is 0. The van der Waals surface area contributed by atoms with Crippen LogP contribution in [0.4, 0.5) is 17.6 Å². The molecule has 1 atom stereocenters. The number of carbonyl (C=O) groups is 1. The van der Waals surface area contributed by atoms with Gasteiger partial charge in [0.1, 0.15) is 0 Å². The van der Waals surface area contributed by atoms with Gasteiger partial charge in [0.15, 0.2) is 0 Å². The largest absolute Gasteiger partial charge is 0.350 e. The summed E-state index contributed by atoms with van der Waals surface area (Å²) in [5.74, 6) is -5.15. The number of halogens is 4. The highest BCUT2D eigenvalue weighted by molar-refractivity contribution is 5.79. The molecule has 0 aromatic rings. The van der Waals surface area contributed by atoms with Crippen LogP contribution in [0.1, 0.15) is 12.8 Å². The molecule has 0 radical (unpaired) electrons. The van der Waals surface area contributed by atoms with Crippen molar-refractivity contribution in [3.63, 3.8) is 0 Å².